The molecule has 2 aliphatic rings. The van der Waals surface area contributed by atoms with E-state index in [2.05, 4.69) is 10.2 Å². The van der Waals surface area contributed by atoms with E-state index in [1.165, 1.54) is 0 Å². The van der Waals surface area contributed by atoms with Gasteiger partial charge in [-0.05, 0) is 43.6 Å². The van der Waals surface area contributed by atoms with Crippen LogP contribution in [-0.2, 0) is 6.54 Å². The van der Waals surface area contributed by atoms with Crippen molar-refractivity contribution in [3.8, 4) is 0 Å². The van der Waals surface area contributed by atoms with Crippen LogP contribution >= 0.6 is 11.6 Å². The van der Waals surface area contributed by atoms with Crippen molar-refractivity contribution in [2.24, 2.45) is 0 Å². The fraction of sp³-hybridized carbons (Fsp3) is 0.533. The molecule has 20 heavy (non-hydrogen) atoms. The van der Waals surface area contributed by atoms with Gasteiger partial charge in [-0.1, -0.05) is 23.7 Å². The monoisotopic (exact) mass is 293 g/mol. The summed E-state index contributed by atoms with van der Waals surface area (Å²) < 4.78 is 0. The van der Waals surface area contributed by atoms with E-state index in [-0.39, 0.29) is 6.03 Å². The molecule has 4 nitrogen and oxygen atoms in total. The largest absolute Gasteiger partial charge is 0.320 e. The molecular formula is C15H20ClN3O. The van der Waals surface area contributed by atoms with Gasteiger partial charge in [-0.25, -0.2) is 4.79 Å². The first kappa shape index (κ1) is 13.7. The van der Waals surface area contributed by atoms with Crippen LogP contribution in [0.3, 0.4) is 0 Å². The van der Waals surface area contributed by atoms with Gasteiger partial charge in [-0.3, -0.25) is 0 Å². The van der Waals surface area contributed by atoms with Crippen LogP contribution in [-0.4, -0.2) is 48.1 Å². The molecule has 0 aliphatic carbocycles. The van der Waals surface area contributed by atoms with E-state index in [0.29, 0.717) is 12.6 Å². The van der Waals surface area contributed by atoms with Gasteiger partial charge >= 0.3 is 6.03 Å². The van der Waals surface area contributed by atoms with Crippen molar-refractivity contribution in [2.75, 3.05) is 26.2 Å². The summed E-state index contributed by atoms with van der Waals surface area (Å²) in [5.74, 6) is 0. The van der Waals surface area contributed by atoms with Crippen molar-refractivity contribution in [2.45, 2.75) is 25.4 Å². The molecule has 0 aromatic heterocycles. The highest BCUT2D eigenvalue weighted by Crippen LogP contribution is 2.21. The van der Waals surface area contributed by atoms with E-state index >= 15 is 0 Å². The zero-order chi connectivity index (χ0) is 13.9. The van der Waals surface area contributed by atoms with E-state index in [4.69, 9.17) is 11.6 Å². The van der Waals surface area contributed by atoms with E-state index in [1.807, 2.05) is 29.2 Å². The van der Waals surface area contributed by atoms with Crippen molar-refractivity contribution in [3.05, 3.63) is 34.9 Å². The molecule has 108 valence electrons. The minimum Gasteiger partial charge on any atom is -0.320 e. The molecule has 1 aromatic rings. The third-order valence-corrected chi connectivity index (χ3v) is 4.42. The molecule has 2 aliphatic heterocycles. The second-order valence-corrected chi connectivity index (χ2v) is 5.94. The molecule has 0 bridgehead atoms. The Morgan fingerprint density at radius 3 is 2.55 bits per heavy atom. The minimum atomic E-state index is 0.187. The van der Waals surface area contributed by atoms with Crippen LogP contribution in [0.15, 0.2) is 24.3 Å². The first-order chi connectivity index (χ1) is 9.74. The van der Waals surface area contributed by atoms with Gasteiger partial charge in [0.05, 0.1) is 0 Å². The lowest BCUT2D eigenvalue weighted by molar-refractivity contribution is 0.165. The Bertz CT molecular complexity index is 471. The van der Waals surface area contributed by atoms with Gasteiger partial charge in [-0.15, -0.1) is 0 Å². The molecule has 2 heterocycles. The number of hydrogen-bond donors (Lipinski definition) is 1. The van der Waals surface area contributed by atoms with Crippen LogP contribution in [0, 0.1) is 0 Å². The van der Waals surface area contributed by atoms with Gasteiger partial charge in [0, 0.05) is 30.7 Å². The summed E-state index contributed by atoms with van der Waals surface area (Å²) in [6.07, 6.45) is 2.14. The minimum absolute atomic E-state index is 0.187. The SMILES string of the molecule is O=C1N(Cc2ccc(Cl)cc2)CCN1C1CCNCC1. The molecule has 0 atom stereocenters. The number of amides is 2. The van der Waals surface area contributed by atoms with Gasteiger partial charge < -0.3 is 15.1 Å². The first-order valence-electron chi connectivity index (χ1n) is 7.25. The molecule has 1 aromatic carbocycles. The fourth-order valence-electron chi connectivity index (χ4n) is 3.02. The number of urea groups is 1. The van der Waals surface area contributed by atoms with Crippen LogP contribution < -0.4 is 5.32 Å². The Morgan fingerprint density at radius 1 is 1.15 bits per heavy atom. The van der Waals surface area contributed by atoms with E-state index in [0.717, 1.165) is 49.6 Å². The lowest BCUT2D eigenvalue weighted by Gasteiger charge is -2.31. The summed E-state index contributed by atoms with van der Waals surface area (Å²) in [6.45, 7) is 4.40. The van der Waals surface area contributed by atoms with Gasteiger partial charge in [0.25, 0.3) is 0 Å². The summed E-state index contributed by atoms with van der Waals surface area (Å²) in [4.78, 5) is 16.5. The van der Waals surface area contributed by atoms with E-state index < -0.39 is 0 Å². The standard InChI is InChI=1S/C15H20ClN3O/c16-13-3-1-12(2-4-13)11-18-9-10-19(15(18)20)14-5-7-17-8-6-14/h1-4,14,17H,5-11H2. The Morgan fingerprint density at radius 2 is 1.85 bits per heavy atom. The number of nitrogens with zero attached hydrogens (tertiary/aromatic N) is 2. The van der Waals surface area contributed by atoms with Crippen LogP contribution in [0.4, 0.5) is 4.79 Å². The highest BCUT2D eigenvalue weighted by Gasteiger charge is 2.33. The van der Waals surface area contributed by atoms with Crippen molar-refractivity contribution >= 4 is 17.6 Å². The number of benzene rings is 1. The molecule has 1 N–H and O–H groups in total. The van der Waals surface area contributed by atoms with Crippen LogP contribution in [0.2, 0.25) is 5.02 Å². The molecule has 2 saturated heterocycles. The average molecular weight is 294 g/mol. The number of carbonyl (C=O) groups is 1. The quantitative estimate of drug-likeness (QED) is 0.928. The fourth-order valence-corrected chi connectivity index (χ4v) is 3.14. The topological polar surface area (TPSA) is 35.6 Å². The predicted molar refractivity (Wildman–Crippen MR) is 79.9 cm³/mol. The van der Waals surface area contributed by atoms with Gasteiger partial charge in [0.2, 0.25) is 0 Å². The zero-order valence-corrected chi connectivity index (χ0v) is 12.3. The number of hydrogen-bond acceptors (Lipinski definition) is 2. The highest BCUT2D eigenvalue weighted by atomic mass is 35.5. The van der Waals surface area contributed by atoms with Crippen LogP contribution in [0.5, 0.6) is 0 Å². The number of carbonyl (C=O) groups excluding carboxylic acids is 1. The molecule has 0 saturated carbocycles. The number of halogens is 1. The molecule has 0 spiro atoms. The second kappa shape index (κ2) is 6.02. The average Bonchev–Trinajstić information content (AvgIpc) is 2.84. The Balaban J connectivity index is 1.61. The van der Waals surface area contributed by atoms with E-state index in [9.17, 15) is 4.79 Å². The summed E-state index contributed by atoms with van der Waals surface area (Å²) in [7, 11) is 0. The lowest BCUT2D eigenvalue weighted by Crippen LogP contribution is -2.45. The summed E-state index contributed by atoms with van der Waals surface area (Å²) >= 11 is 5.89. The van der Waals surface area contributed by atoms with Gasteiger partial charge in [0.15, 0.2) is 0 Å². The molecule has 3 rings (SSSR count). The maximum absolute atomic E-state index is 12.5. The lowest BCUT2D eigenvalue weighted by atomic mass is 10.1. The maximum Gasteiger partial charge on any atom is 0.320 e. The molecule has 5 heteroatoms. The highest BCUT2D eigenvalue weighted by molar-refractivity contribution is 6.30. The summed E-state index contributed by atoms with van der Waals surface area (Å²) in [6, 6.07) is 8.33. The van der Waals surface area contributed by atoms with Crippen molar-refractivity contribution in [3.63, 3.8) is 0 Å². The summed E-state index contributed by atoms with van der Waals surface area (Å²) in [5.41, 5.74) is 1.13. The Kier molecular flexibility index (Phi) is 4.13. The van der Waals surface area contributed by atoms with E-state index in [1.54, 1.807) is 0 Å². The molecule has 2 amide bonds. The third-order valence-electron chi connectivity index (χ3n) is 4.16. The number of piperidine rings is 1. The van der Waals surface area contributed by atoms with Gasteiger partial charge in [0.1, 0.15) is 0 Å². The van der Waals surface area contributed by atoms with Crippen molar-refractivity contribution in [1.82, 2.24) is 15.1 Å². The number of nitrogens with one attached hydrogen (secondary N) is 1. The normalized spacial score (nSPS) is 20.8. The molecule has 2 fully saturated rings. The first-order valence-corrected chi connectivity index (χ1v) is 7.62. The molecule has 0 unspecified atom stereocenters. The Labute approximate surface area is 124 Å². The second-order valence-electron chi connectivity index (χ2n) is 5.51. The number of rotatable bonds is 3. The van der Waals surface area contributed by atoms with Crippen molar-refractivity contribution in [1.29, 1.82) is 0 Å². The van der Waals surface area contributed by atoms with Crippen LogP contribution in [0.25, 0.3) is 0 Å². The zero-order valence-electron chi connectivity index (χ0n) is 11.5. The predicted octanol–water partition coefficient (Wildman–Crippen LogP) is 2.33. The maximum atomic E-state index is 12.5. The molecular weight excluding hydrogens is 274 g/mol. The van der Waals surface area contributed by atoms with Crippen LogP contribution in [0.1, 0.15) is 18.4 Å². The van der Waals surface area contributed by atoms with Crippen molar-refractivity contribution < 1.29 is 4.79 Å². The van der Waals surface area contributed by atoms with Gasteiger partial charge in [-0.2, -0.15) is 0 Å². The smallest absolute Gasteiger partial charge is 0.320 e. The third kappa shape index (κ3) is 2.91. The summed E-state index contributed by atoms with van der Waals surface area (Å²) in [5, 5.41) is 4.08. The molecule has 0 radical (unpaired) electrons. The Hall–Kier alpha value is -1.26.